The van der Waals surface area contributed by atoms with Crippen LogP contribution in [0.5, 0.6) is 0 Å². The minimum Gasteiger partial charge on any atom is -0.465 e. The van der Waals surface area contributed by atoms with E-state index in [9.17, 15) is 27.8 Å². The Morgan fingerprint density at radius 2 is 1.95 bits per heavy atom. The third kappa shape index (κ3) is 5.70. The summed E-state index contributed by atoms with van der Waals surface area (Å²) in [4.78, 5) is 17.8. The third-order valence-corrected chi connectivity index (χ3v) is 8.06. The SMILES string of the molecule is C[C@H](O)CN1C[C@H](N2Cc3cn(S(C)(=O)=O)nc3C2)C[C@H](N(C(=O)O)C(C)(C)C)[C@H]1c1cc(F)ccc1F. The largest absolute Gasteiger partial charge is 0.465 e. The third-order valence-electron chi connectivity index (χ3n) is 7.19. The quantitative estimate of drug-likeness (QED) is 0.559. The van der Waals surface area contributed by atoms with Gasteiger partial charge in [-0.1, -0.05) is 0 Å². The van der Waals surface area contributed by atoms with Gasteiger partial charge in [0, 0.05) is 55.1 Å². The Labute approximate surface area is 221 Å². The van der Waals surface area contributed by atoms with Crippen LogP contribution in [0, 0.1) is 11.6 Å². The average Bonchev–Trinajstić information content (AvgIpc) is 3.33. The molecule has 0 unspecified atom stereocenters. The van der Waals surface area contributed by atoms with Crippen molar-refractivity contribution in [3.05, 3.63) is 52.9 Å². The van der Waals surface area contributed by atoms with E-state index in [2.05, 4.69) is 10.00 Å². The van der Waals surface area contributed by atoms with Crippen molar-refractivity contribution in [2.24, 2.45) is 0 Å². The maximum absolute atomic E-state index is 15.2. The van der Waals surface area contributed by atoms with Crippen molar-refractivity contribution >= 4 is 16.1 Å². The summed E-state index contributed by atoms with van der Waals surface area (Å²) in [6.07, 6.45) is 0.885. The van der Waals surface area contributed by atoms with E-state index in [4.69, 9.17) is 0 Å². The van der Waals surface area contributed by atoms with Gasteiger partial charge in [-0.25, -0.2) is 22.0 Å². The van der Waals surface area contributed by atoms with Gasteiger partial charge in [-0.2, -0.15) is 9.19 Å². The van der Waals surface area contributed by atoms with Crippen molar-refractivity contribution in [3.63, 3.8) is 0 Å². The van der Waals surface area contributed by atoms with Crippen LogP contribution in [0.4, 0.5) is 13.6 Å². The lowest BCUT2D eigenvalue weighted by molar-refractivity contribution is -0.0452. The molecule has 1 saturated heterocycles. The molecule has 0 bridgehead atoms. The molecule has 0 radical (unpaired) electrons. The van der Waals surface area contributed by atoms with E-state index in [-0.39, 0.29) is 18.2 Å². The highest BCUT2D eigenvalue weighted by Crippen LogP contribution is 2.41. The molecule has 0 spiro atoms. The van der Waals surface area contributed by atoms with Crippen LogP contribution in [0.3, 0.4) is 0 Å². The summed E-state index contributed by atoms with van der Waals surface area (Å²) < 4.78 is 54.3. The molecule has 1 aromatic carbocycles. The van der Waals surface area contributed by atoms with E-state index in [0.717, 1.165) is 34.1 Å². The number of hydrogen-bond donors (Lipinski definition) is 2. The number of rotatable bonds is 6. The predicted octanol–water partition coefficient (Wildman–Crippen LogP) is 2.63. The van der Waals surface area contributed by atoms with E-state index < -0.39 is 51.5 Å². The summed E-state index contributed by atoms with van der Waals surface area (Å²) in [5.74, 6) is -1.28. The number of carbonyl (C=O) groups is 1. The number of benzene rings is 1. The van der Waals surface area contributed by atoms with Gasteiger partial charge in [0.2, 0.25) is 0 Å². The van der Waals surface area contributed by atoms with E-state index >= 15 is 4.39 Å². The molecule has 210 valence electrons. The second-order valence-corrected chi connectivity index (χ2v) is 13.2. The van der Waals surface area contributed by atoms with Crippen LogP contribution in [-0.2, 0) is 23.1 Å². The van der Waals surface area contributed by atoms with Gasteiger partial charge in [-0.3, -0.25) is 14.7 Å². The molecule has 2 aromatic rings. The first-order chi connectivity index (χ1) is 17.6. The lowest BCUT2D eigenvalue weighted by atomic mass is 9.84. The number of halogens is 2. The van der Waals surface area contributed by atoms with Crippen molar-refractivity contribution in [1.29, 1.82) is 0 Å². The van der Waals surface area contributed by atoms with Crippen LogP contribution >= 0.6 is 0 Å². The number of amides is 1. The number of aliphatic hydroxyl groups is 1. The van der Waals surface area contributed by atoms with Gasteiger partial charge in [0.25, 0.3) is 10.0 Å². The first kappa shape index (κ1) is 28.4. The van der Waals surface area contributed by atoms with E-state index in [1.54, 1.807) is 27.7 Å². The Bertz CT molecular complexity index is 1290. The standard InChI is InChI=1S/C25H35F2N5O5S/c1-15(33)10-30-13-18(29-11-16-12-31(38(5,36)37)28-21(16)14-29)9-22(32(24(34)35)25(2,3)4)23(30)19-8-17(26)6-7-20(19)27/h6-8,12,15,18,22-23,33H,9-11,13-14H2,1-5H3,(H,34,35)/t15-,18+,22-,23+/m0/s1. The summed E-state index contributed by atoms with van der Waals surface area (Å²) in [6.45, 7) is 8.09. The number of piperidine rings is 1. The van der Waals surface area contributed by atoms with Gasteiger partial charge in [0.1, 0.15) is 11.6 Å². The average molecular weight is 556 g/mol. The molecule has 2 aliphatic heterocycles. The Morgan fingerprint density at radius 1 is 1.26 bits per heavy atom. The molecule has 1 aromatic heterocycles. The van der Waals surface area contributed by atoms with Crippen LogP contribution < -0.4 is 0 Å². The second-order valence-electron chi connectivity index (χ2n) is 11.3. The highest BCUT2D eigenvalue weighted by atomic mass is 32.2. The molecule has 4 rings (SSSR count). The molecular formula is C25H35F2N5O5S. The molecule has 38 heavy (non-hydrogen) atoms. The van der Waals surface area contributed by atoms with Gasteiger partial charge in [0.05, 0.1) is 30.1 Å². The molecule has 13 heteroatoms. The highest BCUT2D eigenvalue weighted by molar-refractivity contribution is 7.89. The monoisotopic (exact) mass is 555 g/mol. The molecular weight excluding hydrogens is 520 g/mol. The Morgan fingerprint density at radius 3 is 2.50 bits per heavy atom. The van der Waals surface area contributed by atoms with Gasteiger partial charge in [0.15, 0.2) is 0 Å². The molecule has 1 amide bonds. The zero-order valence-corrected chi connectivity index (χ0v) is 23.0. The molecule has 10 nitrogen and oxygen atoms in total. The van der Waals surface area contributed by atoms with Crippen molar-refractivity contribution in [2.45, 2.75) is 77.0 Å². The van der Waals surface area contributed by atoms with Crippen molar-refractivity contribution < 1.29 is 32.2 Å². The lowest BCUT2D eigenvalue weighted by Crippen LogP contribution is -2.63. The Hall–Kier alpha value is -2.61. The van der Waals surface area contributed by atoms with E-state index in [0.29, 0.717) is 31.7 Å². The van der Waals surface area contributed by atoms with Crippen molar-refractivity contribution in [3.8, 4) is 0 Å². The number of β-amino-alcohol motifs (C(OH)–C–C–N with tert-alkyl or cyclic N) is 1. The van der Waals surface area contributed by atoms with Gasteiger partial charge >= 0.3 is 6.09 Å². The number of fused-ring (bicyclic) bond motifs is 1. The molecule has 2 N–H and O–H groups in total. The Balaban J connectivity index is 1.75. The number of likely N-dealkylation sites (tertiary alicyclic amines) is 1. The van der Waals surface area contributed by atoms with E-state index in [1.165, 1.54) is 11.1 Å². The van der Waals surface area contributed by atoms with Crippen LogP contribution in [0.25, 0.3) is 0 Å². The maximum atomic E-state index is 15.2. The molecule has 4 atom stereocenters. The van der Waals surface area contributed by atoms with E-state index in [1.807, 2.05) is 4.90 Å². The van der Waals surface area contributed by atoms with Crippen LogP contribution in [0.1, 0.15) is 57.0 Å². The number of nitrogens with zero attached hydrogens (tertiary/aromatic N) is 5. The van der Waals surface area contributed by atoms with Crippen LogP contribution in [-0.4, -0.2) is 91.7 Å². The smallest absolute Gasteiger partial charge is 0.408 e. The molecule has 1 fully saturated rings. The summed E-state index contributed by atoms with van der Waals surface area (Å²) in [7, 11) is -3.52. The second kappa shape index (κ2) is 10.2. The topological polar surface area (TPSA) is 119 Å². The Kier molecular flexibility index (Phi) is 7.60. The highest BCUT2D eigenvalue weighted by Gasteiger charge is 2.48. The molecule has 2 aliphatic rings. The maximum Gasteiger partial charge on any atom is 0.408 e. The number of carboxylic acid groups (broad SMARTS) is 1. The van der Waals surface area contributed by atoms with Crippen molar-refractivity contribution in [2.75, 3.05) is 19.3 Å². The first-order valence-corrected chi connectivity index (χ1v) is 14.3. The summed E-state index contributed by atoms with van der Waals surface area (Å²) in [5, 5.41) is 24.8. The summed E-state index contributed by atoms with van der Waals surface area (Å²) in [5.41, 5.74) is 0.566. The minimum atomic E-state index is -3.52. The fraction of sp³-hybridized carbons (Fsp3) is 0.600. The zero-order valence-electron chi connectivity index (χ0n) is 22.2. The minimum absolute atomic E-state index is 0.0405. The van der Waals surface area contributed by atoms with Gasteiger partial charge in [-0.05, 0) is 52.3 Å². The number of aromatic nitrogens is 2. The first-order valence-electron chi connectivity index (χ1n) is 12.5. The fourth-order valence-corrected chi connectivity index (χ4v) is 6.37. The van der Waals surface area contributed by atoms with Gasteiger partial charge in [-0.15, -0.1) is 0 Å². The summed E-state index contributed by atoms with van der Waals surface area (Å²) >= 11 is 0. The van der Waals surface area contributed by atoms with Crippen LogP contribution in [0.15, 0.2) is 24.4 Å². The zero-order chi connectivity index (χ0) is 28.2. The van der Waals surface area contributed by atoms with Crippen LogP contribution in [0.2, 0.25) is 0 Å². The number of aliphatic hydroxyl groups excluding tert-OH is 1. The molecule has 3 heterocycles. The molecule has 0 aliphatic carbocycles. The summed E-state index contributed by atoms with van der Waals surface area (Å²) in [6, 6.07) is 1.32. The number of hydrogen-bond acceptors (Lipinski definition) is 7. The molecule has 0 saturated carbocycles. The van der Waals surface area contributed by atoms with Crippen molar-refractivity contribution in [1.82, 2.24) is 23.9 Å². The lowest BCUT2D eigenvalue weighted by Gasteiger charge is -2.53. The normalized spacial score (nSPS) is 23.8. The predicted molar refractivity (Wildman–Crippen MR) is 136 cm³/mol. The fourth-order valence-electron chi connectivity index (χ4n) is 5.80. The van der Waals surface area contributed by atoms with Gasteiger partial charge < -0.3 is 10.2 Å².